The van der Waals surface area contributed by atoms with Gasteiger partial charge in [-0.25, -0.2) is 8.42 Å². The second-order valence-corrected chi connectivity index (χ2v) is 7.94. The van der Waals surface area contributed by atoms with Crippen molar-refractivity contribution < 1.29 is 13.2 Å². The Labute approximate surface area is 141 Å². The monoisotopic (exact) mass is 348 g/mol. The number of carbonyl (C=O) groups is 1. The number of carbonyl (C=O) groups excluding carboxylic acids is 1. The smallest absolute Gasteiger partial charge is 0.251 e. The third-order valence-corrected chi connectivity index (χ3v) is 5.17. The molecule has 1 amide bonds. The Morgan fingerprint density at radius 1 is 1.42 bits per heavy atom. The van der Waals surface area contributed by atoms with E-state index in [0.717, 1.165) is 5.56 Å². The molecule has 24 heavy (non-hydrogen) atoms. The summed E-state index contributed by atoms with van der Waals surface area (Å²) in [7, 11) is -3.27. The molecule has 3 rings (SSSR count). The molecule has 0 fully saturated rings. The van der Waals surface area contributed by atoms with Crippen LogP contribution in [-0.2, 0) is 23.0 Å². The molecule has 2 aromatic rings. The fourth-order valence-corrected chi connectivity index (χ4v) is 3.86. The maximum absolute atomic E-state index is 12.4. The summed E-state index contributed by atoms with van der Waals surface area (Å²) in [6.45, 7) is 2.93. The zero-order valence-corrected chi connectivity index (χ0v) is 14.5. The van der Waals surface area contributed by atoms with Crippen molar-refractivity contribution in [3.8, 4) is 0 Å². The molecule has 0 radical (unpaired) electrons. The van der Waals surface area contributed by atoms with Crippen LogP contribution in [0, 0.1) is 0 Å². The Hall–Kier alpha value is -2.35. The first kappa shape index (κ1) is 16.5. The minimum absolute atomic E-state index is 0.0711. The van der Waals surface area contributed by atoms with Crippen LogP contribution in [0.4, 0.5) is 5.69 Å². The lowest BCUT2D eigenvalue weighted by Gasteiger charge is -2.17. The summed E-state index contributed by atoms with van der Waals surface area (Å²) in [6.07, 6.45) is 5.35. The Balaban J connectivity index is 1.71. The average molecular weight is 348 g/mol. The second kappa shape index (κ2) is 6.27. The zero-order chi connectivity index (χ0) is 17.3. The van der Waals surface area contributed by atoms with Gasteiger partial charge in [0.05, 0.1) is 18.5 Å². The average Bonchev–Trinajstić information content (AvgIpc) is 3.14. The highest BCUT2D eigenvalue weighted by atomic mass is 32.2. The van der Waals surface area contributed by atoms with Crippen LogP contribution in [-0.4, -0.2) is 42.9 Å². The summed E-state index contributed by atoms with van der Waals surface area (Å²) >= 11 is 0. The predicted molar refractivity (Wildman–Crippen MR) is 91.5 cm³/mol. The zero-order valence-electron chi connectivity index (χ0n) is 13.6. The van der Waals surface area contributed by atoms with Crippen LogP contribution in [0.25, 0.3) is 0 Å². The molecular weight excluding hydrogens is 328 g/mol. The van der Waals surface area contributed by atoms with Crippen molar-refractivity contribution >= 4 is 21.6 Å². The van der Waals surface area contributed by atoms with E-state index in [0.29, 0.717) is 30.8 Å². The molecule has 1 atom stereocenters. The number of nitrogens with one attached hydrogen (secondary N) is 1. The molecule has 1 aliphatic heterocycles. The van der Waals surface area contributed by atoms with Crippen LogP contribution in [0.1, 0.15) is 22.8 Å². The summed E-state index contributed by atoms with van der Waals surface area (Å²) in [4.78, 5) is 12.4. The Kier molecular flexibility index (Phi) is 4.31. The van der Waals surface area contributed by atoms with Gasteiger partial charge in [0, 0.05) is 30.5 Å². The number of amides is 1. The largest absolute Gasteiger partial charge is 0.348 e. The van der Waals surface area contributed by atoms with Crippen LogP contribution in [0.5, 0.6) is 0 Å². The fraction of sp³-hybridized carbons (Fsp3) is 0.375. The van der Waals surface area contributed by atoms with Crippen LogP contribution < -0.4 is 9.62 Å². The van der Waals surface area contributed by atoms with E-state index in [4.69, 9.17) is 0 Å². The highest BCUT2D eigenvalue weighted by Gasteiger charge is 2.26. The van der Waals surface area contributed by atoms with Crippen LogP contribution in [0.3, 0.4) is 0 Å². The topological polar surface area (TPSA) is 84.3 Å². The van der Waals surface area contributed by atoms with Gasteiger partial charge in [-0.3, -0.25) is 13.8 Å². The summed E-state index contributed by atoms with van der Waals surface area (Å²) in [5, 5.41) is 7.05. The minimum atomic E-state index is -3.27. The third-order valence-electron chi connectivity index (χ3n) is 3.99. The Morgan fingerprint density at radius 2 is 2.21 bits per heavy atom. The lowest BCUT2D eigenvalue weighted by atomic mass is 10.1. The number of nitrogens with zero attached hydrogens (tertiary/aromatic N) is 3. The highest BCUT2D eigenvalue weighted by molar-refractivity contribution is 7.92. The number of rotatable bonds is 5. The van der Waals surface area contributed by atoms with E-state index in [9.17, 15) is 13.2 Å². The molecule has 0 bridgehead atoms. The number of fused-ring (bicyclic) bond motifs is 1. The lowest BCUT2D eigenvalue weighted by molar-refractivity contribution is 0.0936. The summed E-state index contributed by atoms with van der Waals surface area (Å²) in [6, 6.07) is 6.91. The maximum atomic E-state index is 12.4. The van der Waals surface area contributed by atoms with Gasteiger partial charge < -0.3 is 5.32 Å². The molecule has 0 spiro atoms. The molecule has 128 valence electrons. The van der Waals surface area contributed by atoms with Gasteiger partial charge in [0.15, 0.2) is 0 Å². The van der Waals surface area contributed by atoms with E-state index in [1.165, 1.54) is 10.6 Å². The molecule has 2 heterocycles. The molecule has 1 N–H and O–H groups in total. The fourth-order valence-electron chi connectivity index (χ4n) is 2.90. The van der Waals surface area contributed by atoms with Gasteiger partial charge in [0.1, 0.15) is 0 Å². The number of aromatic nitrogens is 2. The minimum Gasteiger partial charge on any atom is -0.348 e. The third kappa shape index (κ3) is 3.43. The number of anilines is 1. The molecule has 0 saturated carbocycles. The summed E-state index contributed by atoms with van der Waals surface area (Å²) in [5.41, 5.74) is 2.09. The quantitative estimate of drug-likeness (QED) is 0.874. The van der Waals surface area contributed by atoms with Gasteiger partial charge in [-0.05, 0) is 43.2 Å². The molecule has 0 aliphatic carbocycles. The Morgan fingerprint density at radius 3 is 2.88 bits per heavy atom. The van der Waals surface area contributed by atoms with Crippen molar-refractivity contribution in [3.63, 3.8) is 0 Å². The lowest BCUT2D eigenvalue weighted by Crippen LogP contribution is -2.35. The van der Waals surface area contributed by atoms with Crippen LogP contribution in [0.15, 0.2) is 36.7 Å². The number of hydrogen-bond donors (Lipinski definition) is 1. The Bertz CT molecular complexity index is 846. The summed E-state index contributed by atoms with van der Waals surface area (Å²) < 4.78 is 26.6. The first-order chi connectivity index (χ1) is 11.3. The first-order valence-electron chi connectivity index (χ1n) is 7.73. The molecule has 1 aromatic heterocycles. The predicted octanol–water partition coefficient (Wildman–Crippen LogP) is 1.02. The van der Waals surface area contributed by atoms with E-state index in [-0.39, 0.29) is 11.9 Å². The standard InChI is InChI=1S/C16H20N4O3S/c1-12(11-19-8-3-7-17-19)18-16(21)14-4-5-15-13(10-14)6-9-20(15)24(2,22)23/h3-5,7-8,10,12H,6,9,11H2,1-2H3,(H,18,21). The van der Waals surface area contributed by atoms with Crippen molar-refractivity contribution in [2.45, 2.75) is 25.9 Å². The van der Waals surface area contributed by atoms with Crippen molar-refractivity contribution in [2.75, 3.05) is 17.1 Å². The van der Waals surface area contributed by atoms with E-state index in [2.05, 4.69) is 10.4 Å². The first-order valence-corrected chi connectivity index (χ1v) is 9.58. The maximum Gasteiger partial charge on any atom is 0.251 e. The van der Waals surface area contributed by atoms with Gasteiger partial charge >= 0.3 is 0 Å². The normalized spacial score (nSPS) is 15.2. The highest BCUT2D eigenvalue weighted by Crippen LogP contribution is 2.30. The molecule has 0 saturated heterocycles. The van der Waals surface area contributed by atoms with Crippen molar-refractivity contribution in [3.05, 3.63) is 47.8 Å². The van der Waals surface area contributed by atoms with E-state index >= 15 is 0 Å². The van der Waals surface area contributed by atoms with Crippen LogP contribution >= 0.6 is 0 Å². The van der Waals surface area contributed by atoms with Gasteiger partial charge in [0.2, 0.25) is 10.0 Å². The molecule has 7 nitrogen and oxygen atoms in total. The van der Waals surface area contributed by atoms with Crippen molar-refractivity contribution in [2.24, 2.45) is 0 Å². The molecule has 1 unspecified atom stereocenters. The molecule has 1 aliphatic rings. The summed E-state index contributed by atoms with van der Waals surface area (Å²) in [5.74, 6) is -0.171. The molecule has 8 heteroatoms. The van der Waals surface area contributed by atoms with Crippen LogP contribution in [0.2, 0.25) is 0 Å². The second-order valence-electron chi connectivity index (χ2n) is 6.03. The number of sulfonamides is 1. The SMILES string of the molecule is CC(Cn1cccn1)NC(=O)c1ccc2c(c1)CCN2S(C)(=O)=O. The van der Waals surface area contributed by atoms with E-state index in [1.54, 1.807) is 29.1 Å². The number of benzene rings is 1. The van der Waals surface area contributed by atoms with Crippen molar-refractivity contribution in [1.29, 1.82) is 0 Å². The van der Waals surface area contributed by atoms with E-state index in [1.807, 2.05) is 19.2 Å². The van der Waals surface area contributed by atoms with Gasteiger partial charge in [-0.2, -0.15) is 5.10 Å². The number of hydrogen-bond acceptors (Lipinski definition) is 4. The molecule has 1 aromatic carbocycles. The van der Waals surface area contributed by atoms with Gasteiger partial charge in [-0.1, -0.05) is 0 Å². The van der Waals surface area contributed by atoms with Crippen molar-refractivity contribution in [1.82, 2.24) is 15.1 Å². The van der Waals surface area contributed by atoms with Gasteiger partial charge in [-0.15, -0.1) is 0 Å². The van der Waals surface area contributed by atoms with Gasteiger partial charge in [0.25, 0.3) is 5.91 Å². The molecular formula is C16H20N4O3S. The van der Waals surface area contributed by atoms with E-state index < -0.39 is 10.0 Å².